The molecule has 0 atom stereocenters. The van der Waals surface area contributed by atoms with E-state index in [1.807, 2.05) is 13.0 Å². The fourth-order valence-electron chi connectivity index (χ4n) is 1.47. The molecule has 2 aromatic rings. The number of carbonyl (C=O) groups is 1. The monoisotopic (exact) mass is 339 g/mol. The molecule has 0 spiro atoms. The number of rotatable bonds is 2. The Morgan fingerprint density at radius 2 is 2.11 bits per heavy atom. The third-order valence-electron chi connectivity index (χ3n) is 2.53. The summed E-state index contributed by atoms with van der Waals surface area (Å²) in [6.07, 6.45) is 0. The summed E-state index contributed by atoms with van der Waals surface area (Å²) < 4.78 is 0.890. The number of aromatic nitrogens is 1. The third-order valence-corrected chi connectivity index (χ3v) is 3.69. The first-order chi connectivity index (χ1) is 8.97. The van der Waals surface area contributed by atoms with Gasteiger partial charge in [0.1, 0.15) is 5.82 Å². The van der Waals surface area contributed by atoms with Gasteiger partial charge in [-0.2, -0.15) is 0 Å². The van der Waals surface area contributed by atoms with E-state index in [1.165, 1.54) is 6.07 Å². The van der Waals surface area contributed by atoms with Crippen LogP contribution in [0.3, 0.4) is 0 Å². The molecule has 1 amide bonds. The first kappa shape index (κ1) is 13.8. The third kappa shape index (κ3) is 3.24. The Balaban J connectivity index is 2.20. The van der Waals surface area contributed by atoms with Gasteiger partial charge in [-0.25, -0.2) is 4.98 Å². The first-order valence-corrected chi connectivity index (χ1v) is 6.64. The summed E-state index contributed by atoms with van der Waals surface area (Å²) in [7, 11) is 0. The van der Waals surface area contributed by atoms with Gasteiger partial charge in [0.05, 0.1) is 16.4 Å². The molecular weight excluding hydrogens is 330 g/mol. The minimum Gasteiger partial charge on any atom is -0.398 e. The molecule has 6 heteroatoms. The number of pyridine rings is 1. The highest BCUT2D eigenvalue weighted by Gasteiger charge is 2.09. The highest BCUT2D eigenvalue weighted by molar-refractivity contribution is 9.10. The predicted octanol–water partition coefficient (Wildman–Crippen LogP) is 3.64. The van der Waals surface area contributed by atoms with Crippen LogP contribution in [0.2, 0.25) is 5.02 Å². The van der Waals surface area contributed by atoms with E-state index in [0.29, 0.717) is 22.1 Å². The molecule has 19 heavy (non-hydrogen) atoms. The molecule has 0 aliphatic rings. The minimum absolute atomic E-state index is 0.281. The molecule has 1 aromatic heterocycles. The summed E-state index contributed by atoms with van der Waals surface area (Å²) in [6, 6.07) is 8.28. The van der Waals surface area contributed by atoms with Gasteiger partial charge in [0.2, 0.25) is 0 Å². The number of amides is 1. The average Bonchev–Trinajstić information content (AvgIpc) is 2.37. The normalized spacial score (nSPS) is 10.3. The van der Waals surface area contributed by atoms with Gasteiger partial charge in [0.25, 0.3) is 5.91 Å². The number of aryl methyl sites for hydroxylation is 1. The number of anilines is 2. The van der Waals surface area contributed by atoms with E-state index in [1.54, 1.807) is 18.2 Å². The Bertz CT molecular complexity index is 646. The Labute approximate surface area is 124 Å². The molecule has 0 unspecified atom stereocenters. The van der Waals surface area contributed by atoms with Gasteiger partial charge >= 0.3 is 0 Å². The molecule has 1 aromatic carbocycles. The largest absolute Gasteiger partial charge is 0.398 e. The van der Waals surface area contributed by atoms with Crippen LogP contribution < -0.4 is 11.1 Å². The Morgan fingerprint density at radius 3 is 2.74 bits per heavy atom. The van der Waals surface area contributed by atoms with Crippen molar-refractivity contribution in [3.8, 4) is 0 Å². The maximum absolute atomic E-state index is 12.0. The first-order valence-electron chi connectivity index (χ1n) is 5.47. The molecule has 0 saturated heterocycles. The minimum atomic E-state index is -0.281. The van der Waals surface area contributed by atoms with Crippen LogP contribution in [0.4, 0.5) is 11.5 Å². The van der Waals surface area contributed by atoms with Crippen LogP contribution in [-0.4, -0.2) is 10.9 Å². The van der Waals surface area contributed by atoms with Gasteiger partial charge in [-0.1, -0.05) is 11.6 Å². The van der Waals surface area contributed by atoms with Gasteiger partial charge in [-0.3, -0.25) is 4.79 Å². The van der Waals surface area contributed by atoms with Crippen molar-refractivity contribution < 1.29 is 4.79 Å². The summed E-state index contributed by atoms with van der Waals surface area (Å²) in [5.74, 6) is 0.203. The van der Waals surface area contributed by atoms with Crippen molar-refractivity contribution in [2.24, 2.45) is 0 Å². The molecule has 4 nitrogen and oxygen atoms in total. The Hall–Kier alpha value is -1.59. The lowest BCUT2D eigenvalue weighted by atomic mass is 10.2. The standard InChI is InChI=1S/C13H11BrClN3O/c1-7-9(14)3-5-12(17-7)18-13(19)8-2-4-11(16)10(15)6-8/h2-6H,16H2,1H3,(H,17,18,19). The van der Waals surface area contributed by atoms with E-state index in [0.717, 1.165) is 10.2 Å². The highest BCUT2D eigenvalue weighted by Crippen LogP contribution is 2.21. The zero-order valence-electron chi connectivity index (χ0n) is 10.1. The number of hydrogen-bond donors (Lipinski definition) is 2. The summed E-state index contributed by atoms with van der Waals surface area (Å²) in [6.45, 7) is 1.85. The number of nitrogens with zero attached hydrogens (tertiary/aromatic N) is 1. The van der Waals surface area contributed by atoms with Crippen molar-refractivity contribution in [2.45, 2.75) is 6.92 Å². The van der Waals surface area contributed by atoms with Crippen LogP contribution in [0.15, 0.2) is 34.8 Å². The highest BCUT2D eigenvalue weighted by atomic mass is 79.9. The van der Waals surface area contributed by atoms with E-state index in [9.17, 15) is 4.79 Å². The van der Waals surface area contributed by atoms with E-state index in [-0.39, 0.29) is 5.91 Å². The van der Waals surface area contributed by atoms with Gasteiger partial charge in [-0.15, -0.1) is 0 Å². The van der Waals surface area contributed by atoms with Crippen molar-refractivity contribution in [3.63, 3.8) is 0 Å². The van der Waals surface area contributed by atoms with Gasteiger partial charge in [0.15, 0.2) is 0 Å². The maximum Gasteiger partial charge on any atom is 0.256 e. The van der Waals surface area contributed by atoms with Gasteiger partial charge in [0, 0.05) is 10.0 Å². The van der Waals surface area contributed by atoms with Crippen LogP contribution in [-0.2, 0) is 0 Å². The molecule has 0 bridgehead atoms. The zero-order valence-corrected chi connectivity index (χ0v) is 12.4. The summed E-state index contributed by atoms with van der Waals surface area (Å²) in [5.41, 5.74) is 7.27. The molecule has 0 radical (unpaired) electrons. The van der Waals surface area contributed by atoms with Crippen molar-refractivity contribution in [2.75, 3.05) is 11.1 Å². The lowest BCUT2D eigenvalue weighted by Crippen LogP contribution is -2.13. The van der Waals surface area contributed by atoms with Crippen molar-refractivity contribution in [3.05, 3.63) is 51.1 Å². The van der Waals surface area contributed by atoms with Crippen LogP contribution in [0.25, 0.3) is 0 Å². The number of nitrogen functional groups attached to an aromatic ring is 1. The smallest absolute Gasteiger partial charge is 0.256 e. The van der Waals surface area contributed by atoms with Gasteiger partial charge < -0.3 is 11.1 Å². The maximum atomic E-state index is 12.0. The molecule has 0 saturated carbocycles. The molecule has 0 aliphatic heterocycles. The molecule has 0 fully saturated rings. The second-order valence-corrected chi connectivity index (χ2v) is 5.22. The number of nitrogens with two attached hydrogens (primary N) is 1. The average molecular weight is 341 g/mol. The van der Waals surface area contributed by atoms with Crippen molar-refractivity contribution >= 4 is 44.9 Å². The van der Waals surface area contributed by atoms with Crippen LogP contribution >= 0.6 is 27.5 Å². The van der Waals surface area contributed by atoms with E-state index in [2.05, 4.69) is 26.2 Å². The van der Waals surface area contributed by atoms with E-state index < -0.39 is 0 Å². The SMILES string of the molecule is Cc1nc(NC(=O)c2ccc(N)c(Cl)c2)ccc1Br. The lowest BCUT2D eigenvalue weighted by Gasteiger charge is -2.07. The number of benzene rings is 1. The molecule has 98 valence electrons. The predicted molar refractivity (Wildman–Crippen MR) is 80.5 cm³/mol. The second kappa shape index (κ2) is 5.59. The fraction of sp³-hybridized carbons (Fsp3) is 0.0769. The van der Waals surface area contributed by atoms with Gasteiger partial charge in [-0.05, 0) is 53.2 Å². The summed E-state index contributed by atoms with van der Waals surface area (Å²) in [4.78, 5) is 16.3. The van der Waals surface area contributed by atoms with E-state index in [4.69, 9.17) is 17.3 Å². The number of halogens is 2. The molecule has 3 N–H and O–H groups in total. The second-order valence-electron chi connectivity index (χ2n) is 3.95. The van der Waals surface area contributed by atoms with E-state index >= 15 is 0 Å². The number of nitrogens with one attached hydrogen (secondary N) is 1. The fourth-order valence-corrected chi connectivity index (χ4v) is 1.87. The number of hydrogen-bond acceptors (Lipinski definition) is 3. The van der Waals surface area contributed by atoms with Crippen LogP contribution in [0, 0.1) is 6.92 Å². The molecule has 0 aliphatic carbocycles. The summed E-state index contributed by atoms with van der Waals surface area (Å²) in [5, 5.41) is 3.06. The lowest BCUT2D eigenvalue weighted by molar-refractivity contribution is 0.102. The topological polar surface area (TPSA) is 68.0 Å². The quantitative estimate of drug-likeness (QED) is 0.820. The zero-order chi connectivity index (χ0) is 14.0. The Kier molecular flexibility index (Phi) is 4.07. The molecular formula is C13H11BrClN3O. The van der Waals surface area contributed by atoms with Crippen molar-refractivity contribution in [1.82, 2.24) is 4.98 Å². The molecule has 1 heterocycles. The van der Waals surface area contributed by atoms with Crippen molar-refractivity contribution in [1.29, 1.82) is 0 Å². The number of carbonyl (C=O) groups excluding carboxylic acids is 1. The van der Waals surface area contributed by atoms with Crippen LogP contribution in [0.5, 0.6) is 0 Å². The Morgan fingerprint density at radius 1 is 1.37 bits per heavy atom. The van der Waals surface area contributed by atoms with Crippen LogP contribution in [0.1, 0.15) is 16.1 Å². The summed E-state index contributed by atoms with van der Waals surface area (Å²) >= 11 is 9.23. The molecule has 2 rings (SSSR count).